The van der Waals surface area contributed by atoms with Crippen LogP contribution < -0.4 is 16.0 Å². The zero-order chi connectivity index (χ0) is 19.4. The van der Waals surface area contributed by atoms with Crippen LogP contribution in [0.15, 0.2) is 23.6 Å². The summed E-state index contributed by atoms with van der Waals surface area (Å²) in [5.41, 5.74) is 5.49. The summed E-state index contributed by atoms with van der Waals surface area (Å²) in [6.07, 6.45) is 8.43. The molecule has 0 aromatic carbocycles. The Hall–Kier alpha value is -2.75. The number of nitrogens with one attached hydrogen (secondary N) is 1. The molecule has 146 valence electrons. The van der Waals surface area contributed by atoms with Gasteiger partial charge in [-0.2, -0.15) is 0 Å². The number of aliphatic hydroxyl groups is 1. The molecule has 2 aliphatic rings. The van der Waals surface area contributed by atoms with E-state index >= 15 is 0 Å². The fraction of sp³-hybridized carbons (Fsp3) is 0.588. The summed E-state index contributed by atoms with van der Waals surface area (Å²) in [6, 6.07) is 0.142. The maximum atomic E-state index is 11.3. The molecule has 0 saturated heterocycles. The number of nitrogens with zero attached hydrogens (tertiary/aromatic N) is 5. The molecule has 1 atom stereocenters. The predicted molar refractivity (Wildman–Crippen MR) is 98.7 cm³/mol. The average Bonchev–Trinajstić information content (AvgIpc) is 3.11. The first kappa shape index (κ1) is 19.0. The van der Waals surface area contributed by atoms with E-state index in [0.717, 1.165) is 32.2 Å². The number of hydrogen-bond acceptors (Lipinski definition) is 7. The van der Waals surface area contributed by atoms with Gasteiger partial charge in [-0.05, 0) is 44.6 Å². The lowest BCUT2D eigenvalue weighted by atomic mass is 9.86. The summed E-state index contributed by atoms with van der Waals surface area (Å²) in [5, 5.41) is 16.2. The van der Waals surface area contributed by atoms with Crippen molar-refractivity contribution in [2.45, 2.75) is 51.4 Å². The van der Waals surface area contributed by atoms with Crippen LogP contribution in [-0.2, 0) is 16.1 Å². The third kappa shape index (κ3) is 4.70. The van der Waals surface area contributed by atoms with Crippen LogP contribution in [0.1, 0.15) is 32.6 Å². The summed E-state index contributed by atoms with van der Waals surface area (Å²) >= 11 is 0. The first-order valence-electron chi connectivity index (χ1n) is 9.10. The van der Waals surface area contributed by atoms with Crippen molar-refractivity contribution in [2.75, 3.05) is 11.5 Å². The fourth-order valence-corrected chi connectivity index (χ4v) is 3.48. The molecule has 4 N–H and O–H groups in total. The highest BCUT2D eigenvalue weighted by Gasteiger charge is 2.24. The smallest absolute Gasteiger partial charge is 0.266 e. The molecule has 1 saturated carbocycles. The number of carbonyl (C=O) groups excluding carboxylic acids is 2. The van der Waals surface area contributed by atoms with Gasteiger partial charge in [-0.15, -0.1) is 5.10 Å². The van der Waals surface area contributed by atoms with E-state index in [1.165, 1.54) is 0 Å². The van der Waals surface area contributed by atoms with Crippen LogP contribution >= 0.6 is 0 Å². The quantitative estimate of drug-likeness (QED) is 0.615. The largest absolute Gasteiger partial charge is 0.387 e. The normalized spacial score (nSPS) is 25.2. The number of anilines is 1. The van der Waals surface area contributed by atoms with Crippen molar-refractivity contribution in [2.24, 2.45) is 16.6 Å². The van der Waals surface area contributed by atoms with Crippen molar-refractivity contribution in [1.29, 1.82) is 0 Å². The van der Waals surface area contributed by atoms with Crippen LogP contribution in [0.4, 0.5) is 5.95 Å². The maximum Gasteiger partial charge on any atom is 0.266 e. The molecule has 1 aliphatic heterocycles. The lowest BCUT2D eigenvalue weighted by molar-refractivity contribution is -0.124. The zero-order valence-electron chi connectivity index (χ0n) is 15.3. The Labute approximate surface area is 157 Å². The molecule has 0 spiro atoms. The van der Waals surface area contributed by atoms with Gasteiger partial charge in [0.2, 0.25) is 11.9 Å². The molecule has 2 heterocycles. The van der Waals surface area contributed by atoms with Gasteiger partial charge in [0.25, 0.3) is 5.91 Å². The standard InChI is InChI=1S/C17H25N7O3/c1-11-20-14(16(18)27)6-7-24(11)17-19-10-23(22-17)8-12-2-4-13(5-3-12)21-15(26)9-25/h6-7,10-13,25H,2-5,8-9H2,1H3,(H2,18,27)(H,21,26). The lowest BCUT2D eigenvalue weighted by Crippen LogP contribution is -2.39. The summed E-state index contributed by atoms with van der Waals surface area (Å²) in [5.74, 6) is 0.123. The third-order valence-electron chi connectivity index (χ3n) is 4.93. The minimum absolute atomic E-state index is 0.142. The van der Waals surface area contributed by atoms with Crippen molar-refractivity contribution in [3.05, 3.63) is 18.6 Å². The summed E-state index contributed by atoms with van der Waals surface area (Å²) in [7, 11) is 0. The van der Waals surface area contributed by atoms with Crippen LogP contribution in [0.25, 0.3) is 0 Å². The van der Waals surface area contributed by atoms with E-state index < -0.39 is 12.5 Å². The average molecular weight is 375 g/mol. The number of aliphatic hydroxyl groups excluding tert-OH is 1. The van der Waals surface area contributed by atoms with Gasteiger partial charge in [-0.25, -0.2) is 4.98 Å². The van der Waals surface area contributed by atoms with Gasteiger partial charge in [0.05, 0.1) is 0 Å². The molecular weight excluding hydrogens is 350 g/mol. The van der Waals surface area contributed by atoms with E-state index in [1.54, 1.807) is 23.5 Å². The number of aromatic nitrogens is 3. The number of amides is 2. The van der Waals surface area contributed by atoms with E-state index in [2.05, 4.69) is 20.4 Å². The van der Waals surface area contributed by atoms with E-state index in [4.69, 9.17) is 10.8 Å². The van der Waals surface area contributed by atoms with Gasteiger partial charge in [0.15, 0.2) is 0 Å². The first-order chi connectivity index (χ1) is 13.0. The monoisotopic (exact) mass is 375 g/mol. The molecule has 27 heavy (non-hydrogen) atoms. The molecule has 1 aromatic rings. The van der Waals surface area contributed by atoms with E-state index in [9.17, 15) is 9.59 Å². The van der Waals surface area contributed by atoms with Gasteiger partial charge >= 0.3 is 0 Å². The summed E-state index contributed by atoms with van der Waals surface area (Å²) in [4.78, 5) is 32.9. The highest BCUT2D eigenvalue weighted by atomic mass is 16.3. The number of aliphatic imine (C=N–C) groups is 1. The van der Waals surface area contributed by atoms with E-state index in [1.807, 2.05) is 11.6 Å². The number of carbonyl (C=O) groups is 2. The molecule has 10 heteroatoms. The van der Waals surface area contributed by atoms with Crippen LogP contribution in [0.5, 0.6) is 0 Å². The fourth-order valence-electron chi connectivity index (χ4n) is 3.48. The molecule has 0 bridgehead atoms. The molecule has 3 rings (SSSR count). The van der Waals surface area contributed by atoms with Crippen molar-refractivity contribution in [3.63, 3.8) is 0 Å². The Bertz CT molecular complexity index is 749. The molecule has 1 aliphatic carbocycles. The number of hydrogen-bond donors (Lipinski definition) is 3. The molecular formula is C17H25N7O3. The van der Waals surface area contributed by atoms with Gasteiger partial charge in [0.1, 0.15) is 24.8 Å². The SMILES string of the molecule is CC1N=C(C(N)=O)C=CN1c1ncn(CC2CCC(NC(=O)CO)CC2)n1. The minimum atomic E-state index is -0.554. The van der Waals surface area contributed by atoms with Crippen LogP contribution in [0.3, 0.4) is 0 Å². The molecule has 1 fully saturated rings. The Morgan fingerprint density at radius 1 is 1.33 bits per heavy atom. The lowest BCUT2D eigenvalue weighted by Gasteiger charge is -2.28. The Balaban J connectivity index is 1.53. The highest BCUT2D eigenvalue weighted by Crippen LogP contribution is 2.26. The highest BCUT2D eigenvalue weighted by molar-refractivity contribution is 6.43. The minimum Gasteiger partial charge on any atom is -0.387 e. The van der Waals surface area contributed by atoms with Gasteiger partial charge in [0, 0.05) is 18.8 Å². The molecule has 1 aromatic heterocycles. The number of rotatable bonds is 6. The van der Waals surface area contributed by atoms with Crippen molar-refractivity contribution >= 4 is 23.5 Å². The first-order valence-corrected chi connectivity index (χ1v) is 9.10. The second kappa shape index (κ2) is 8.30. The topological polar surface area (TPSA) is 139 Å². The Morgan fingerprint density at radius 3 is 2.70 bits per heavy atom. The van der Waals surface area contributed by atoms with Crippen LogP contribution in [-0.4, -0.2) is 56.2 Å². The Morgan fingerprint density at radius 2 is 2.07 bits per heavy atom. The Kier molecular flexibility index (Phi) is 5.84. The number of primary amides is 1. The van der Waals surface area contributed by atoms with Gasteiger partial charge in [-0.1, -0.05) is 0 Å². The second-order valence-electron chi connectivity index (χ2n) is 6.94. The second-order valence-corrected chi connectivity index (χ2v) is 6.94. The van der Waals surface area contributed by atoms with Crippen LogP contribution in [0.2, 0.25) is 0 Å². The van der Waals surface area contributed by atoms with Crippen molar-refractivity contribution in [1.82, 2.24) is 20.1 Å². The molecule has 2 amide bonds. The van der Waals surface area contributed by atoms with Crippen molar-refractivity contribution in [3.8, 4) is 0 Å². The third-order valence-corrected chi connectivity index (χ3v) is 4.93. The van der Waals surface area contributed by atoms with E-state index in [0.29, 0.717) is 11.9 Å². The summed E-state index contributed by atoms with van der Waals surface area (Å²) < 4.78 is 1.82. The molecule has 10 nitrogen and oxygen atoms in total. The maximum absolute atomic E-state index is 11.3. The number of nitrogens with two attached hydrogens (primary N) is 1. The zero-order valence-corrected chi connectivity index (χ0v) is 15.3. The van der Waals surface area contributed by atoms with Gasteiger partial charge in [-0.3, -0.25) is 24.2 Å². The molecule has 0 radical (unpaired) electrons. The van der Waals surface area contributed by atoms with Gasteiger partial charge < -0.3 is 16.2 Å². The summed E-state index contributed by atoms with van der Waals surface area (Å²) in [6.45, 7) is 2.14. The molecule has 1 unspecified atom stereocenters. The van der Waals surface area contributed by atoms with Crippen LogP contribution in [0, 0.1) is 5.92 Å². The van der Waals surface area contributed by atoms with Crippen molar-refractivity contribution < 1.29 is 14.7 Å². The van der Waals surface area contributed by atoms with E-state index in [-0.39, 0.29) is 23.8 Å². The predicted octanol–water partition coefficient (Wildman–Crippen LogP) is -0.449.